The van der Waals surface area contributed by atoms with Gasteiger partial charge in [0.25, 0.3) is 0 Å². The third kappa shape index (κ3) is 4.87. The van der Waals surface area contributed by atoms with E-state index in [-0.39, 0.29) is 5.41 Å². The Labute approximate surface area is 343 Å². The lowest BCUT2D eigenvalue weighted by Gasteiger charge is -2.37. The monoisotopic (exact) mass is 758 g/mol. The molecule has 2 nitrogen and oxygen atoms in total. The summed E-state index contributed by atoms with van der Waals surface area (Å²) in [6.07, 6.45) is 0. The predicted molar refractivity (Wildman–Crippen MR) is 247 cm³/mol. The highest BCUT2D eigenvalue weighted by Crippen LogP contribution is 2.57. The number of anilines is 6. The fourth-order valence-corrected chi connectivity index (χ4v) is 11.0. The molecule has 1 aliphatic heterocycles. The molecule has 0 saturated carbocycles. The predicted octanol–water partition coefficient (Wildman–Crippen LogP) is 16.0. The van der Waals surface area contributed by atoms with Crippen molar-refractivity contribution in [3.63, 3.8) is 0 Å². The van der Waals surface area contributed by atoms with Gasteiger partial charge in [-0.1, -0.05) is 129 Å². The van der Waals surface area contributed by atoms with Crippen LogP contribution in [0.25, 0.3) is 54.6 Å². The van der Waals surface area contributed by atoms with Gasteiger partial charge in [-0.3, -0.25) is 0 Å². The highest BCUT2D eigenvalue weighted by atomic mass is 32.2. The lowest BCUT2D eigenvalue weighted by molar-refractivity contribution is 0.645. The summed E-state index contributed by atoms with van der Waals surface area (Å²) in [6, 6.07) is 71.5. The van der Waals surface area contributed by atoms with Gasteiger partial charge < -0.3 is 9.80 Å². The van der Waals surface area contributed by atoms with Crippen LogP contribution in [0, 0.1) is 0 Å². The molecule has 0 fully saturated rings. The quantitative estimate of drug-likeness (QED) is 0.156. The van der Waals surface area contributed by atoms with Crippen molar-refractivity contribution in [2.45, 2.75) is 29.1 Å². The van der Waals surface area contributed by atoms with Gasteiger partial charge in [-0.25, -0.2) is 0 Å². The molecule has 10 aromatic carbocycles. The summed E-state index contributed by atoms with van der Waals surface area (Å²) in [4.78, 5) is 7.34. The van der Waals surface area contributed by atoms with Crippen LogP contribution in [0.4, 0.5) is 34.1 Å². The zero-order chi connectivity index (χ0) is 38.5. The molecule has 1 aliphatic carbocycles. The molecule has 1 heterocycles. The van der Waals surface area contributed by atoms with Crippen LogP contribution < -0.4 is 9.80 Å². The van der Waals surface area contributed by atoms with Crippen LogP contribution in [0.2, 0.25) is 0 Å². The molecule has 0 N–H and O–H groups in total. The zero-order valence-electron chi connectivity index (χ0n) is 32.3. The van der Waals surface area contributed by atoms with Crippen molar-refractivity contribution in [3.05, 3.63) is 205 Å². The van der Waals surface area contributed by atoms with Crippen molar-refractivity contribution >= 4 is 78.2 Å². The molecule has 58 heavy (non-hydrogen) atoms. The lowest BCUT2D eigenvalue weighted by atomic mass is 9.67. The van der Waals surface area contributed by atoms with Crippen LogP contribution in [-0.4, -0.2) is 0 Å². The number of hydrogen-bond acceptors (Lipinski definition) is 3. The van der Waals surface area contributed by atoms with Crippen LogP contribution in [0.15, 0.2) is 204 Å². The van der Waals surface area contributed by atoms with Gasteiger partial charge in [0.1, 0.15) is 0 Å². The molecule has 0 unspecified atom stereocenters. The van der Waals surface area contributed by atoms with E-state index in [0.29, 0.717) is 0 Å². The third-order valence-electron chi connectivity index (χ3n) is 12.5. The molecule has 2 aliphatic rings. The number of benzene rings is 10. The minimum absolute atomic E-state index is 0.219. The number of nitrogens with zero attached hydrogens (tertiary/aromatic N) is 2. The SMILES string of the molecule is CC1(C)c2cc(N(c3ccccc3)c3ccccc3)ccc2-c2cc3ccc4c5c(cc6ccc1c2c6c35)-c1ccc(N(c2ccccc2)c2ccccc2)cc1S4. The molecule has 0 aromatic heterocycles. The van der Waals surface area contributed by atoms with Gasteiger partial charge in [-0.15, -0.1) is 0 Å². The summed E-state index contributed by atoms with van der Waals surface area (Å²) in [5.74, 6) is 0. The van der Waals surface area contributed by atoms with Gasteiger partial charge in [0.2, 0.25) is 0 Å². The van der Waals surface area contributed by atoms with Gasteiger partial charge in [0.15, 0.2) is 0 Å². The molecule has 0 amide bonds. The maximum absolute atomic E-state index is 2.48. The third-order valence-corrected chi connectivity index (χ3v) is 13.6. The fourth-order valence-electron chi connectivity index (χ4n) is 9.88. The molecule has 0 spiro atoms. The van der Waals surface area contributed by atoms with E-state index in [1.54, 1.807) is 0 Å². The normalized spacial score (nSPS) is 13.4. The largest absolute Gasteiger partial charge is 0.310 e. The molecular formula is C55H38N2S. The molecule has 0 bridgehead atoms. The summed E-state index contributed by atoms with van der Waals surface area (Å²) >= 11 is 1.91. The maximum Gasteiger partial charge on any atom is 0.0473 e. The van der Waals surface area contributed by atoms with Crippen LogP contribution >= 0.6 is 11.8 Å². The Hall–Kier alpha value is -6.81. The Morgan fingerprint density at radius 1 is 0.328 bits per heavy atom. The van der Waals surface area contributed by atoms with Gasteiger partial charge in [0, 0.05) is 54.7 Å². The van der Waals surface area contributed by atoms with E-state index in [2.05, 4.69) is 218 Å². The molecule has 0 saturated heterocycles. The van der Waals surface area contributed by atoms with E-state index in [9.17, 15) is 0 Å². The second kappa shape index (κ2) is 12.6. The summed E-state index contributed by atoms with van der Waals surface area (Å²) in [6.45, 7) is 4.83. The first-order valence-corrected chi connectivity index (χ1v) is 20.9. The highest BCUT2D eigenvalue weighted by molar-refractivity contribution is 7.99. The van der Waals surface area contributed by atoms with Gasteiger partial charge >= 0.3 is 0 Å². The second-order valence-corrected chi connectivity index (χ2v) is 17.2. The second-order valence-electron chi connectivity index (χ2n) is 16.1. The summed E-state index contributed by atoms with van der Waals surface area (Å²) < 4.78 is 0. The van der Waals surface area contributed by atoms with Crippen LogP contribution in [0.5, 0.6) is 0 Å². The number of para-hydroxylation sites is 4. The van der Waals surface area contributed by atoms with Crippen molar-refractivity contribution in [2.24, 2.45) is 0 Å². The minimum atomic E-state index is -0.219. The van der Waals surface area contributed by atoms with Gasteiger partial charge in [-0.05, 0) is 151 Å². The zero-order valence-corrected chi connectivity index (χ0v) is 33.1. The average Bonchev–Trinajstić information content (AvgIpc) is 3.27. The van der Waals surface area contributed by atoms with Gasteiger partial charge in [0.05, 0.1) is 0 Å². The molecule has 12 rings (SSSR count). The van der Waals surface area contributed by atoms with Crippen molar-refractivity contribution in [3.8, 4) is 22.3 Å². The summed E-state index contributed by atoms with van der Waals surface area (Å²) in [5.41, 5.74) is 14.7. The number of hydrogen-bond donors (Lipinski definition) is 0. The lowest BCUT2D eigenvalue weighted by Crippen LogP contribution is -2.24. The molecule has 0 atom stereocenters. The van der Waals surface area contributed by atoms with E-state index >= 15 is 0 Å². The number of fused-ring (bicyclic) bond motifs is 4. The summed E-state index contributed by atoms with van der Waals surface area (Å²) in [7, 11) is 0. The Bertz CT molecular complexity index is 3130. The standard InChI is InChI=1S/C55H38N2S/c1-55(2)47-29-23-35-32-46-44-28-26-42(57(39-19-11-5-12-20-39)40-21-13-6-14-22-40)34-50(44)58-49-30-24-36-31-45(53(47)51(35)52(36)54(46)49)43-27-25-41(33-48(43)55)56(37-15-7-3-8-16-37)38-17-9-4-10-18-38/h3-34H,1-2H3. The smallest absolute Gasteiger partial charge is 0.0473 e. The Kier molecular flexibility index (Phi) is 7.24. The van der Waals surface area contributed by atoms with Crippen LogP contribution in [-0.2, 0) is 5.41 Å². The first-order chi connectivity index (χ1) is 28.5. The van der Waals surface area contributed by atoms with Crippen molar-refractivity contribution < 1.29 is 0 Å². The molecular weight excluding hydrogens is 721 g/mol. The Balaban J connectivity index is 1.04. The van der Waals surface area contributed by atoms with Crippen molar-refractivity contribution in [1.82, 2.24) is 0 Å². The van der Waals surface area contributed by atoms with E-state index in [4.69, 9.17) is 0 Å². The fraction of sp³-hybridized carbons (Fsp3) is 0.0545. The molecule has 274 valence electrons. The van der Waals surface area contributed by atoms with Crippen LogP contribution in [0.1, 0.15) is 25.0 Å². The topological polar surface area (TPSA) is 6.48 Å². The van der Waals surface area contributed by atoms with Crippen LogP contribution in [0.3, 0.4) is 0 Å². The Morgan fingerprint density at radius 3 is 1.34 bits per heavy atom. The van der Waals surface area contributed by atoms with E-state index < -0.39 is 0 Å². The molecule has 3 heteroatoms. The van der Waals surface area contributed by atoms with E-state index in [1.807, 2.05) is 11.8 Å². The number of rotatable bonds is 6. The maximum atomic E-state index is 2.48. The van der Waals surface area contributed by atoms with E-state index in [0.717, 1.165) is 28.4 Å². The minimum Gasteiger partial charge on any atom is -0.310 e. The molecule has 0 radical (unpaired) electrons. The van der Waals surface area contributed by atoms with E-state index in [1.165, 1.54) is 81.2 Å². The summed E-state index contributed by atoms with van der Waals surface area (Å²) in [5, 5.41) is 8.16. The molecule has 10 aromatic rings. The first-order valence-electron chi connectivity index (χ1n) is 20.1. The average molecular weight is 759 g/mol. The highest BCUT2D eigenvalue weighted by Gasteiger charge is 2.36. The first kappa shape index (κ1) is 33.3. The Morgan fingerprint density at radius 2 is 0.793 bits per heavy atom. The van der Waals surface area contributed by atoms with Gasteiger partial charge in [-0.2, -0.15) is 0 Å². The van der Waals surface area contributed by atoms with Crippen molar-refractivity contribution in [1.29, 1.82) is 0 Å². The van der Waals surface area contributed by atoms with Crippen molar-refractivity contribution in [2.75, 3.05) is 9.80 Å².